The summed E-state index contributed by atoms with van der Waals surface area (Å²) in [4.78, 5) is 21.4. The molecular weight excluding hydrogens is 295 g/mol. The van der Waals surface area contributed by atoms with Crippen LogP contribution in [0.2, 0.25) is 0 Å². The van der Waals surface area contributed by atoms with Gasteiger partial charge < -0.3 is 15.4 Å². The summed E-state index contributed by atoms with van der Waals surface area (Å²) in [5.41, 5.74) is -0.368. The first-order valence-corrected chi connectivity index (χ1v) is 5.82. The summed E-state index contributed by atoms with van der Waals surface area (Å²) in [5.74, 6) is -0.347. The van der Waals surface area contributed by atoms with E-state index < -0.39 is 35.7 Å². The molecule has 0 unspecified atom stereocenters. The lowest BCUT2D eigenvalue weighted by Crippen LogP contribution is -2.25. The van der Waals surface area contributed by atoms with E-state index in [1.807, 2.05) is 0 Å². The molecule has 1 amide bonds. The third-order valence-electron chi connectivity index (χ3n) is 2.65. The van der Waals surface area contributed by atoms with Crippen molar-refractivity contribution >= 4 is 23.0 Å². The number of nitrogens with zero attached hydrogens (tertiary/aromatic N) is 1. The molecule has 1 aromatic carbocycles. The van der Waals surface area contributed by atoms with E-state index in [0.29, 0.717) is 0 Å². The van der Waals surface area contributed by atoms with E-state index in [2.05, 4.69) is 10.6 Å². The number of halogens is 3. The first-order valence-electron chi connectivity index (χ1n) is 5.82. The monoisotopic (exact) mass is 305 g/mol. The Morgan fingerprint density at radius 3 is 2.76 bits per heavy atom. The van der Waals surface area contributed by atoms with Crippen molar-refractivity contribution in [2.24, 2.45) is 0 Å². The molecule has 0 fully saturated rings. The lowest BCUT2D eigenvalue weighted by Gasteiger charge is -2.19. The van der Waals surface area contributed by atoms with Crippen LogP contribution in [0.4, 0.5) is 30.2 Å². The average Bonchev–Trinajstić information content (AvgIpc) is 2.36. The number of nitro benzene ring substituents is 1. The van der Waals surface area contributed by atoms with Crippen molar-refractivity contribution in [1.29, 1.82) is 0 Å². The molecule has 2 rings (SSSR count). The van der Waals surface area contributed by atoms with E-state index in [9.17, 15) is 28.1 Å². The Kier molecular flexibility index (Phi) is 3.87. The van der Waals surface area contributed by atoms with Crippen LogP contribution >= 0.6 is 0 Å². The molecule has 21 heavy (non-hydrogen) atoms. The van der Waals surface area contributed by atoms with Crippen LogP contribution in [-0.4, -0.2) is 30.2 Å². The number of hydrogen-bond acceptors (Lipinski definition) is 5. The highest BCUT2D eigenvalue weighted by atomic mass is 19.4. The largest absolute Gasteiger partial charge is 0.481 e. The number of ether oxygens (including phenoxy) is 1. The predicted molar refractivity (Wildman–Crippen MR) is 66.4 cm³/mol. The molecule has 1 aliphatic rings. The van der Waals surface area contributed by atoms with Gasteiger partial charge in [-0.2, -0.15) is 13.2 Å². The Balaban J connectivity index is 2.24. The van der Waals surface area contributed by atoms with Gasteiger partial charge in [0.2, 0.25) is 0 Å². The average molecular weight is 305 g/mol. The summed E-state index contributed by atoms with van der Waals surface area (Å²) >= 11 is 0. The molecule has 1 heterocycles. The van der Waals surface area contributed by atoms with Crippen molar-refractivity contribution in [3.8, 4) is 5.75 Å². The van der Waals surface area contributed by atoms with Crippen LogP contribution in [-0.2, 0) is 4.79 Å². The molecule has 1 aromatic rings. The molecule has 0 spiro atoms. The standard InChI is InChI=1S/C11H10F3N3O4/c12-11(13,14)1-2-15-6-3-7-9(4-8(6)17(19)20)21-5-10(18)16-7/h3-4,15H,1-2,5H2,(H,16,18). The fraction of sp³-hybridized carbons (Fsp3) is 0.364. The molecule has 1 aliphatic heterocycles. The van der Waals surface area contributed by atoms with Gasteiger partial charge in [0.15, 0.2) is 12.4 Å². The van der Waals surface area contributed by atoms with Gasteiger partial charge in [-0.15, -0.1) is 0 Å². The number of carbonyl (C=O) groups is 1. The number of nitrogens with one attached hydrogen (secondary N) is 2. The first-order chi connectivity index (χ1) is 9.76. The highest BCUT2D eigenvalue weighted by molar-refractivity contribution is 5.96. The molecule has 0 aromatic heterocycles. The summed E-state index contributed by atoms with van der Waals surface area (Å²) in [7, 11) is 0. The van der Waals surface area contributed by atoms with Crippen molar-refractivity contribution in [3.05, 3.63) is 22.2 Å². The van der Waals surface area contributed by atoms with Gasteiger partial charge in [-0.1, -0.05) is 0 Å². The lowest BCUT2D eigenvalue weighted by atomic mass is 10.2. The molecule has 0 aliphatic carbocycles. The maximum Gasteiger partial charge on any atom is 0.390 e. The molecule has 0 saturated heterocycles. The van der Waals surface area contributed by atoms with Crippen LogP contribution in [0.3, 0.4) is 0 Å². The van der Waals surface area contributed by atoms with Crippen LogP contribution in [0, 0.1) is 10.1 Å². The number of anilines is 2. The number of benzene rings is 1. The molecule has 114 valence electrons. The van der Waals surface area contributed by atoms with Gasteiger partial charge in [-0.25, -0.2) is 0 Å². The Hall–Kier alpha value is -2.52. The van der Waals surface area contributed by atoms with Gasteiger partial charge in [0.25, 0.3) is 11.6 Å². The molecule has 10 heteroatoms. The maximum atomic E-state index is 12.1. The smallest absolute Gasteiger partial charge is 0.390 e. The van der Waals surface area contributed by atoms with Crippen molar-refractivity contribution in [2.45, 2.75) is 12.6 Å². The van der Waals surface area contributed by atoms with Gasteiger partial charge >= 0.3 is 6.18 Å². The van der Waals surface area contributed by atoms with E-state index in [1.165, 1.54) is 6.07 Å². The molecular formula is C11H10F3N3O4. The van der Waals surface area contributed by atoms with E-state index in [0.717, 1.165) is 6.07 Å². The predicted octanol–water partition coefficient (Wildman–Crippen LogP) is 2.29. The van der Waals surface area contributed by atoms with E-state index in [-0.39, 0.29) is 23.7 Å². The summed E-state index contributed by atoms with van der Waals surface area (Å²) in [5, 5.41) is 15.7. The summed E-state index contributed by atoms with van der Waals surface area (Å²) in [6.07, 6.45) is -5.50. The minimum atomic E-state index is -4.37. The van der Waals surface area contributed by atoms with Gasteiger partial charge in [-0.05, 0) is 6.07 Å². The van der Waals surface area contributed by atoms with E-state index in [4.69, 9.17) is 4.74 Å². The second-order valence-electron chi connectivity index (χ2n) is 4.25. The Bertz CT molecular complexity index is 589. The van der Waals surface area contributed by atoms with Crippen LogP contribution in [0.5, 0.6) is 5.75 Å². The molecule has 0 radical (unpaired) electrons. The first kappa shape index (κ1) is 14.9. The van der Waals surface area contributed by atoms with Gasteiger partial charge in [0, 0.05) is 6.54 Å². The SMILES string of the molecule is O=C1COc2cc([N+](=O)[O-])c(NCCC(F)(F)F)cc2N1. The number of nitro groups is 1. The number of rotatable bonds is 4. The van der Waals surface area contributed by atoms with Gasteiger partial charge in [-0.3, -0.25) is 14.9 Å². The quantitative estimate of drug-likeness (QED) is 0.657. The Morgan fingerprint density at radius 1 is 1.43 bits per heavy atom. The Labute approximate surface area is 116 Å². The van der Waals surface area contributed by atoms with Gasteiger partial charge in [0.05, 0.1) is 23.1 Å². The summed E-state index contributed by atoms with van der Waals surface area (Å²) < 4.78 is 41.3. The highest BCUT2D eigenvalue weighted by Crippen LogP contribution is 2.37. The summed E-state index contributed by atoms with van der Waals surface area (Å²) in [6, 6.07) is 2.24. The number of fused-ring (bicyclic) bond motifs is 1. The molecule has 7 nitrogen and oxygen atoms in total. The zero-order valence-corrected chi connectivity index (χ0v) is 10.5. The van der Waals surface area contributed by atoms with Crippen molar-refractivity contribution in [1.82, 2.24) is 0 Å². The number of amides is 1. The van der Waals surface area contributed by atoms with Crippen LogP contribution in [0.15, 0.2) is 12.1 Å². The van der Waals surface area contributed by atoms with Crippen LogP contribution in [0.1, 0.15) is 6.42 Å². The third kappa shape index (κ3) is 3.74. The fourth-order valence-corrected chi connectivity index (χ4v) is 1.75. The normalized spacial score (nSPS) is 14.0. The molecule has 2 N–H and O–H groups in total. The van der Waals surface area contributed by atoms with E-state index in [1.54, 1.807) is 0 Å². The summed E-state index contributed by atoms with van der Waals surface area (Å²) in [6.45, 7) is -0.789. The zero-order valence-electron chi connectivity index (χ0n) is 10.5. The minimum Gasteiger partial charge on any atom is -0.481 e. The van der Waals surface area contributed by atoms with Crippen molar-refractivity contribution < 1.29 is 27.6 Å². The number of carbonyl (C=O) groups excluding carboxylic acids is 1. The number of hydrogen-bond donors (Lipinski definition) is 2. The fourth-order valence-electron chi connectivity index (χ4n) is 1.75. The second kappa shape index (κ2) is 5.46. The van der Waals surface area contributed by atoms with Crippen LogP contribution < -0.4 is 15.4 Å². The van der Waals surface area contributed by atoms with E-state index >= 15 is 0 Å². The number of alkyl halides is 3. The molecule has 0 bridgehead atoms. The van der Waals surface area contributed by atoms with Gasteiger partial charge in [0.1, 0.15) is 5.69 Å². The highest BCUT2D eigenvalue weighted by Gasteiger charge is 2.28. The molecule has 0 atom stereocenters. The van der Waals surface area contributed by atoms with Crippen molar-refractivity contribution in [2.75, 3.05) is 23.8 Å². The third-order valence-corrected chi connectivity index (χ3v) is 2.65. The minimum absolute atomic E-state index is 0.0997. The zero-order chi connectivity index (χ0) is 15.6. The maximum absolute atomic E-state index is 12.1. The molecule has 0 saturated carbocycles. The Morgan fingerprint density at radius 2 is 2.14 bits per heavy atom. The lowest BCUT2D eigenvalue weighted by molar-refractivity contribution is -0.384. The van der Waals surface area contributed by atoms with Crippen LogP contribution in [0.25, 0.3) is 0 Å². The second-order valence-corrected chi connectivity index (χ2v) is 4.25. The topological polar surface area (TPSA) is 93.5 Å². The van der Waals surface area contributed by atoms with Crippen molar-refractivity contribution in [3.63, 3.8) is 0 Å².